The van der Waals surface area contributed by atoms with Crippen LogP contribution in [0.3, 0.4) is 0 Å². The number of methoxy groups -OCH3 is 1. The van der Waals surface area contributed by atoms with Gasteiger partial charge in [0.25, 0.3) is 0 Å². The van der Waals surface area contributed by atoms with Crippen molar-refractivity contribution in [2.75, 3.05) is 39.5 Å². The molecule has 0 radical (unpaired) electrons. The summed E-state index contributed by atoms with van der Waals surface area (Å²) in [6.07, 6.45) is 1.60. The van der Waals surface area contributed by atoms with Crippen LogP contribution in [0.4, 0.5) is 0 Å². The van der Waals surface area contributed by atoms with Gasteiger partial charge in [0.2, 0.25) is 0 Å². The van der Waals surface area contributed by atoms with Gasteiger partial charge in [-0.15, -0.1) is 0 Å². The van der Waals surface area contributed by atoms with E-state index in [9.17, 15) is 8.42 Å². The summed E-state index contributed by atoms with van der Waals surface area (Å²) in [5, 5.41) is 3.32. The van der Waals surface area contributed by atoms with Gasteiger partial charge in [0.1, 0.15) is 5.75 Å². The standard InChI is InChI=1S/C22H29N3O3S/c1-23-22(24-14-6-16-29(26,27)21-7-4-3-5-8-21)25-15-13-19(17-25)18-9-11-20(28-2)12-10-18/h3-5,7-12,19H,6,13-17H2,1-2H3,(H,23,24). The monoisotopic (exact) mass is 415 g/mol. The van der Waals surface area contributed by atoms with Crippen molar-refractivity contribution in [2.24, 2.45) is 4.99 Å². The third-order valence-corrected chi connectivity index (χ3v) is 7.08. The van der Waals surface area contributed by atoms with E-state index in [-0.39, 0.29) is 5.75 Å². The lowest BCUT2D eigenvalue weighted by Crippen LogP contribution is -2.40. The number of nitrogens with zero attached hydrogens (tertiary/aromatic N) is 2. The Labute approximate surface area is 173 Å². The molecule has 29 heavy (non-hydrogen) atoms. The molecule has 1 unspecified atom stereocenters. The summed E-state index contributed by atoms with van der Waals surface area (Å²) >= 11 is 0. The molecule has 1 atom stereocenters. The second-order valence-electron chi connectivity index (χ2n) is 7.16. The first kappa shape index (κ1) is 21.2. The Morgan fingerprint density at radius 1 is 1.17 bits per heavy atom. The quantitative estimate of drug-likeness (QED) is 0.428. The van der Waals surface area contributed by atoms with E-state index in [1.807, 2.05) is 18.2 Å². The average molecular weight is 416 g/mol. The maximum absolute atomic E-state index is 12.4. The molecule has 0 saturated carbocycles. The predicted molar refractivity (Wildman–Crippen MR) is 116 cm³/mol. The Kier molecular flexibility index (Phi) is 7.14. The van der Waals surface area contributed by atoms with Gasteiger partial charge >= 0.3 is 0 Å². The van der Waals surface area contributed by atoms with Crippen molar-refractivity contribution in [3.63, 3.8) is 0 Å². The van der Waals surface area contributed by atoms with Crippen molar-refractivity contribution in [1.29, 1.82) is 0 Å². The zero-order chi connectivity index (χ0) is 20.7. The highest BCUT2D eigenvalue weighted by Gasteiger charge is 2.26. The zero-order valence-electron chi connectivity index (χ0n) is 17.0. The number of hydrogen-bond donors (Lipinski definition) is 1. The molecule has 2 aromatic carbocycles. The lowest BCUT2D eigenvalue weighted by Gasteiger charge is -2.22. The molecule has 1 heterocycles. The summed E-state index contributed by atoms with van der Waals surface area (Å²) in [6, 6.07) is 16.8. The van der Waals surface area contributed by atoms with Crippen LogP contribution >= 0.6 is 0 Å². The van der Waals surface area contributed by atoms with Gasteiger partial charge in [0.05, 0.1) is 17.8 Å². The third-order valence-electron chi connectivity index (χ3n) is 5.26. The number of aliphatic imine (C=N–C) groups is 1. The van der Waals surface area contributed by atoms with Crippen LogP contribution in [0.25, 0.3) is 0 Å². The van der Waals surface area contributed by atoms with Gasteiger partial charge in [0, 0.05) is 32.6 Å². The Hall–Kier alpha value is -2.54. The fraction of sp³-hybridized carbons (Fsp3) is 0.409. The van der Waals surface area contributed by atoms with Crippen LogP contribution in [0.2, 0.25) is 0 Å². The molecule has 1 saturated heterocycles. The topological polar surface area (TPSA) is 71.0 Å². The second kappa shape index (κ2) is 9.78. The first-order chi connectivity index (χ1) is 14.0. The van der Waals surface area contributed by atoms with E-state index in [0.717, 1.165) is 31.2 Å². The third kappa shape index (κ3) is 5.50. The van der Waals surface area contributed by atoms with Crippen LogP contribution in [-0.4, -0.2) is 58.8 Å². The largest absolute Gasteiger partial charge is 0.497 e. The number of likely N-dealkylation sites (tertiary alicyclic amines) is 1. The molecule has 0 aromatic heterocycles. The van der Waals surface area contributed by atoms with E-state index >= 15 is 0 Å². The van der Waals surface area contributed by atoms with Crippen molar-refractivity contribution in [1.82, 2.24) is 10.2 Å². The summed E-state index contributed by atoms with van der Waals surface area (Å²) in [7, 11) is 0.203. The van der Waals surface area contributed by atoms with Crippen LogP contribution in [-0.2, 0) is 9.84 Å². The van der Waals surface area contributed by atoms with Crippen LogP contribution < -0.4 is 10.1 Å². The first-order valence-electron chi connectivity index (χ1n) is 9.91. The molecular weight excluding hydrogens is 386 g/mol. The van der Waals surface area contributed by atoms with Crippen LogP contribution in [0, 0.1) is 0 Å². The molecule has 156 valence electrons. The summed E-state index contributed by atoms with van der Waals surface area (Å²) in [5.41, 5.74) is 1.30. The van der Waals surface area contributed by atoms with E-state index in [2.05, 4.69) is 27.3 Å². The van der Waals surface area contributed by atoms with E-state index < -0.39 is 9.84 Å². The molecule has 0 spiro atoms. The molecule has 6 nitrogen and oxygen atoms in total. The predicted octanol–water partition coefficient (Wildman–Crippen LogP) is 2.92. The minimum atomic E-state index is -3.24. The molecule has 7 heteroatoms. The summed E-state index contributed by atoms with van der Waals surface area (Å²) < 4.78 is 30.0. The molecule has 3 rings (SSSR count). The molecule has 1 N–H and O–H groups in total. The highest BCUT2D eigenvalue weighted by Crippen LogP contribution is 2.28. The smallest absolute Gasteiger partial charge is 0.193 e. The molecule has 1 fully saturated rings. The Morgan fingerprint density at radius 2 is 1.90 bits per heavy atom. The molecule has 0 amide bonds. The van der Waals surface area contributed by atoms with Crippen LogP contribution in [0.15, 0.2) is 64.5 Å². The highest BCUT2D eigenvalue weighted by atomic mass is 32.2. The van der Waals surface area contributed by atoms with E-state index in [1.165, 1.54) is 5.56 Å². The number of sulfone groups is 1. The van der Waals surface area contributed by atoms with Gasteiger partial charge in [-0.05, 0) is 42.7 Å². The van der Waals surface area contributed by atoms with Crippen LogP contribution in [0.1, 0.15) is 24.3 Å². The minimum Gasteiger partial charge on any atom is -0.497 e. The van der Waals surface area contributed by atoms with Crippen molar-refractivity contribution in [3.8, 4) is 5.75 Å². The number of hydrogen-bond acceptors (Lipinski definition) is 4. The van der Waals surface area contributed by atoms with Crippen molar-refractivity contribution >= 4 is 15.8 Å². The maximum atomic E-state index is 12.4. The van der Waals surface area contributed by atoms with E-state index in [4.69, 9.17) is 4.74 Å². The lowest BCUT2D eigenvalue weighted by molar-refractivity contribution is 0.414. The van der Waals surface area contributed by atoms with Gasteiger partial charge < -0.3 is 15.0 Å². The summed E-state index contributed by atoms with van der Waals surface area (Å²) in [5.74, 6) is 2.28. The maximum Gasteiger partial charge on any atom is 0.193 e. The van der Waals surface area contributed by atoms with Gasteiger partial charge in [-0.3, -0.25) is 4.99 Å². The highest BCUT2D eigenvalue weighted by molar-refractivity contribution is 7.91. The fourth-order valence-electron chi connectivity index (χ4n) is 3.64. The molecule has 1 aliphatic rings. The van der Waals surface area contributed by atoms with E-state index in [1.54, 1.807) is 38.4 Å². The minimum absolute atomic E-state index is 0.121. The number of guanidine groups is 1. The Bertz CT molecular complexity index is 912. The summed E-state index contributed by atoms with van der Waals surface area (Å²) in [6.45, 7) is 2.40. The number of rotatable bonds is 7. The molecule has 2 aromatic rings. The van der Waals surface area contributed by atoms with Gasteiger partial charge in [-0.2, -0.15) is 0 Å². The normalized spacial score (nSPS) is 17.4. The molecule has 0 bridgehead atoms. The molecular formula is C22H29N3O3S. The first-order valence-corrected chi connectivity index (χ1v) is 11.6. The lowest BCUT2D eigenvalue weighted by atomic mass is 9.98. The Balaban J connectivity index is 1.48. The molecule has 0 aliphatic carbocycles. The van der Waals surface area contributed by atoms with Gasteiger partial charge in [-0.1, -0.05) is 30.3 Å². The number of nitrogens with one attached hydrogen (secondary N) is 1. The number of benzene rings is 2. The van der Waals surface area contributed by atoms with E-state index in [0.29, 0.717) is 23.8 Å². The average Bonchev–Trinajstić information content (AvgIpc) is 3.24. The second-order valence-corrected chi connectivity index (χ2v) is 9.27. The fourth-order valence-corrected chi connectivity index (χ4v) is 4.97. The zero-order valence-corrected chi connectivity index (χ0v) is 17.9. The SMILES string of the molecule is CN=C(NCCCS(=O)(=O)c1ccccc1)N1CCC(c2ccc(OC)cc2)C1. The van der Waals surface area contributed by atoms with Crippen LogP contribution in [0.5, 0.6) is 5.75 Å². The van der Waals surface area contributed by atoms with Crippen molar-refractivity contribution < 1.29 is 13.2 Å². The van der Waals surface area contributed by atoms with Gasteiger partial charge in [-0.25, -0.2) is 8.42 Å². The number of ether oxygens (including phenoxy) is 1. The molecule has 1 aliphatic heterocycles. The Morgan fingerprint density at radius 3 is 2.55 bits per heavy atom. The van der Waals surface area contributed by atoms with Crippen molar-refractivity contribution in [3.05, 3.63) is 60.2 Å². The van der Waals surface area contributed by atoms with Crippen molar-refractivity contribution in [2.45, 2.75) is 23.7 Å². The summed E-state index contributed by atoms with van der Waals surface area (Å²) in [4.78, 5) is 7.00. The van der Waals surface area contributed by atoms with Gasteiger partial charge in [0.15, 0.2) is 15.8 Å².